The molecule has 46 heavy (non-hydrogen) atoms. The van der Waals surface area contributed by atoms with E-state index in [2.05, 4.69) is 29.9 Å². The molecule has 1 aromatic carbocycles. The van der Waals surface area contributed by atoms with E-state index in [-0.39, 0.29) is 23.3 Å². The number of anilines is 1. The number of likely N-dealkylation sites (tertiary alicyclic amines) is 1. The fourth-order valence-corrected chi connectivity index (χ4v) is 11.9. The zero-order valence-electron chi connectivity index (χ0n) is 28.0. The Balaban J connectivity index is 0.943. The third-order valence-electron chi connectivity index (χ3n) is 14.5. The molecule has 7 nitrogen and oxygen atoms in total. The lowest BCUT2D eigenvalue weighted by Gasteiger charge is -2.52. The van der Waals surface area contributed by atoms with Gasteiger partial charge in [-0.25, -0.2) is 0 Å². The molecule has 6 fully saturated rings. The van der Waals surface area contributed by atoms with Gasteiger partial charge in [0.15, 0.2) is 0 Å². The van der Waals surface area contributed by atoms with Gasteiger partial charge in [-0.05, 0) is 129 Å². The van der Waals surface area contributed by atoms with Crippen LogP contribution in [0.25, 0.3) is 0 Å². The summed E-state index contributed by atoms with van der Waals surface area (Å²) in [4.78, 5) is 33.6. The molecule has 1 aromatic rings. The molecule has 248 valence electrons. The lowest BCUT2D eigenvalue weighted by Crippen LogP contribution is -2.54. The van der Waals surface area contributed by atoms with Crippen molar-refractivity contribution in [3.05, 3.63) is 23.3 Å². The van der Waals surface area contributed by atoms with E-state index < -0.39 is 5.60 Å². The molecule has 9 atom stereocenters. The Hall–Kier alpha value is -2.72. The first kappa shape index (κ1) is 30.6. The molecule has 5 aliphatic carbocycles. The number of piperazine rings is 1. The SMILES string of the molecule is C#C[C@@]1(O)CC[C@H]2[C@@H]3CCc4cc(OC)c(N5CCN(C(=O)[C@@H]6CCCN6C(=O)CC6CC7CC[C@@H]6C7)CC5)cc4[C@H]3CC[C@@]21C. The molecule has 0 aromatic heterocycles. The van der Waals surface area contributed by atoms with E-state index in [9.17, 15) is 14.7 Å². The van der Waals surface area contributed by atoms with Gasteiger partial charge in [-0.1, -0.05) is 19.3 Å². The Bertz CT molecular complexity index is 1430. The van der Waals surface area contributed by atoms with E-state index in [0.717, 1.165) is 87.9 Å². The molecule has 2 heterocycles. The van der Waals surface area contributed by atoms with Gasteiger partial charge < -0.3 is 24.5 Å². The van der Waals surface area contributed by atoms with Crippen LogP contribution in [0, 0.1) is 47.3 Å². The molecule has 2 amide bonds. The molecule has 7 heteroatoms. The first-order chi connectivity index (χ1) is 22.2. The minimum Gasteiger partial charge on any atom is -0.495 e. The summed E-state index contributed by atoms with van der Waals surface area (Å²) >= 11 is 0. The molecule has 4 saturated carbocycles. The van der Waals surface area contributed by atoms with Gasteiger partial charge in [0.1, 0.15) is 17.4 Å². The minimum absolute atomic E-state index is 0.146. The van der Waals surface area contributed by atoms with Crippen molar-refractivity contribution in [3.8, 4) is 18.1 Å². The van der Waals surface area contributed by atoms with Crippen LogP contribution in [-0.4, -0.2) is 78.2 Å². The molecular weight excluding hydrogens is 574 g/mol. The summed E-state index contributed by atoms with van der Waals surface area (Å²) < 4.78 is 5.98. The zero-order chi connectivity index (χ0) is 31.8. The van der Waals surface area contributed by atoms with Gasteiger partial charge in [-0.15, -0.1) is 6.42 Å². The minimum atomic E-state index is -0.983. The maximum atomic E-state index is 13.8. The number of benzene rings is 1. The molecule has 1 N–H and O–H groups in total. The van der Waals surface area contributed by atoms with Crippen molar-refractivity contribution in [2.24, 2.45) is 35.0 Å². The van der Waals surface area contributed by atoms with Crippen LogP contribution >= 0.6 is 0 Å². The number of hydrogen-bond acceptors (Lipinski definition) is 5. The van der Waals surface area contributed by atoms with Crippen LogP contribution in [0.4, 0.5) is 5.69 Å². The topological polar surface area (TPSA) is 73.3 Å². The van der Waals surface area contributed by atoms with Crippen molar-refractivity contribution >= 4 is 17.5 Å². The number of aryl methyl sites for hydroxylation is 1. The number of amides is 2. The normalized spacial score (nSPS) is 39.5. The van der Waals surface area contributed by atoms with Crippen LogP contribution in [0.2, 0.25) is 0 Å². The van der Waals surface area contributed by atoms with Gasteiger partial charge in [-0.2, -0.15) is 0 Å². The van der Waals surface area contributed by atoms with E-state index in [4.69, 9.17) is 11.2 Å². The van der Waals surface area contributed by atoms with Crippen molar-refractivity contribution in [1.82, 2.24) is 9.80 Å². The third kappa shape index (κ3) is 4.71. The highest BCUT2D eigenvalue weighted by Gasteiger charge is 2.61. The highest BCUT2D eigenvalue weighted by atomic mass is 16.5. The van der Waals surface area contributed by atoms with Crippen molar-refractivity contribution < 1.29 is 19.4 Å². The van der Waals surface area contributed by atoms with Crippen LogP contribution in [0.1, 0.15) is 101 Å². The lowest BCUT2D eigenvalue weighted by atomic mass is 9.53. The largest absolute Gasteiger partial charge is 0.495 e. The van der Waals surface area contributed by atoms with Gasteiger partial charge >= 0.3 is 0 Å². The summed E-state index contributed by atoms with van der Waals surface area (Å²) in [5.41, 5.74) is 2.82. The monoisotopic (exact) mass is 627 g/mol. The fourth-order valence-electron chi connectivity index (χ4n) is 11.9. The average molecular weight is 628 g/mol. The Morgan fingerprint density at radius 2 is 1.85 bits per heavy atom. The summed E-state index contributed by atoms with van der Waals surface area (Å²) in [5.74, 6) is 7.69. The number of terminal acetylenes is 1. The number of fused-ring (bicyclic) bond motifs is 7. The molecule has 2 unspecified atom stereocenters. The van der Waals surface area contributed by atoms with E-state index in [0.29, 0.717) is 49.6 Å². The molecule has 0 radical (unpaired) electrons. The number of aliphatic hydroxyl groups is 1. The van der Waals surface area contributed by atoms with Crippen molar-refractivity contribution in [2.75, 3.05) is 44.7 Å². The van der Waals surface area contributed by atoms with E-state index >= 15 is 0 Å². The number of carbonyl (C=O) groups is 2. The quantitative estimate of drug-likeness (QED) is 0.444. The summed E-state index contributed by atoms with van der Waals surface area (Å²) in [7, 11) is 1.77. The lowest BCUT2D eigenvalue weighted by molar-refractivity contribution is -0.144. The molecule has 8 rings (SSSR count). The van der Waals surface area contributed by atoms with Gasteiger partial charge in [0.25, 0.3) is 0 Å². The van der Waals surface area contributed by atoms with Crippen LogP contribution < -0.4 is 9.64 Å². The van der Waals surface area contributed by atoms with Crippen LogP contribution in [0.5, 0.6) is 5.75 Å². The maximum absolute atomic E-state index is 13.8. The van der Waals surface area contributed by atoms with Gasteiger partial charge in [0, 0.05) is 44.6 Å². The summed E-state index contributed by atoms with van der Waals surface area (Å²) in [5, 5.41) is 11.4. The Morgan fingerprint density at radius 3 is 2.57 bits per heavy atom. The van der Waals surface area contributed by atoms with Crippen LogP contribution in [0.3, 0.4) is 0 Å². The molecule has 2 bridgehead atoms. The predicted molar refractivity (Wildman–Crippen MR) is 178 cm³/mol. The highest BCUT2D eigenvalue weighted by Crippen LogP contribution is 2.64. The standard InChI is InChI=1S/C39H53N3O4/c1-4-39(45)14-12-32-30-10-9-27-22-35(46-3)34(24-31(27)29(30)11-13-38(32,39)2)40-16-18-41(19-17-40)37(44)33-6-5-15-42(33)36(43)23-28-21-25-7-8-26(28)20-25/h1,22,24-26,28-30,32-33,45H,5-21,23H2,2-3H3/t25?,26-,28?,29+,30-,32+,33+,38+,39-/m1/s1. The first-order valence-corrected chi connectivity index (χ1v) is 18.5. The van der Waals surface area contributed by atoms with Gasteiger partial charge in [0.2, 0.25) is 11.8 Å². The summed E-state index contributed by atoms with van der Waals surface area (Å²) in [6, 6.07) is 4.39. The maximum Gasteiger partial charge on any atom is 0.245 e. The number of nitrogens with zero attached hydrogens (tertiary/aromatic N) is 3. The zero-order valence-corrected chi connectivity index (χ0v) is 28.0. The summed E-state index contributed by atoms with van der Waals surface area (Å²) in [6.07, 6.45) is 19.4. The Kier molecular flexibility index (Phi) is 7.63. The Labute approximate surface area is 275 Å². The summed E-state index contributed by atoms with van der Waals surface area (Å²) in [6.45, 7) is 5.83. The van der Waals surface area contributed by atoms with E-state index in [1.54, 1.807) is 7.11 Å². The number of rotatable bonds is 5. The Morgan fingerprint density at radius 1 is 1.02 bits per heavy atom. The number of carbonyl (C=O) groups excluding carboxylic acids is 2. The fraction of sp³-hybridized carbons (Fsp3) is 0.744. The highest BCUT2D eigenvalue weighted by molar-refractivity contribution is 5.88. The second kappa shape index (κ2) is 11.5. The molecule has 0 spiro atoms. The van der Waals surface area contributed by atoms with E-state index in [1.807, 2.05) is 9.80 Å². The van der Waals surface area contributed by atoms with Gasteiger partial charge in [-0.3, -0.25) is 9.59 Å². The molecule has 2 saturated heterocycles. The number of ether oxygens (including phenoxy) is 1. The van der Waals surface area contributed by atoms with Gasteiger partial charge in [0.05, 0.1) is 12.8 Å². The number of hydrogen-bond donors (Lipinski definition) is 1. The van der Waals surface area contributed by atoms with Crippen molar-refractivity contribution in [3.63, 3.8) is 0 Å². The van der Waals surface area contributed by atoms with E-state index in [1.165, 1.54) is 36.8 Å². The first-order valence-electron chi connectivity index (χ1n) is 18.5. The second-order valence-electron chi connectivity index (χ2n) is 16.3. The molecular formula is C39H53N3O4. The van der Waals surface area contributed by atoms with Crippen LogP contribution in [-0.2, 0) is 16.0 Å². The smallest absolute Gasteiger partial charge is 0.245 e. The van der Waals surface area contributed by atoms with Crippen molar-refractivity contribution in [2.45, 2.75) is 108 Å². The molecule has 2 aliphatic heterocycles. The predicted octanol–water partition coefficient (Wildman–Crippen LogP) is 5.38. The second-order valence-corrected chi connectivity index (χ2v) is 16.3. The van der Waals surface area contributed by atoms with Crippen molar-refractivity contribution in [1.29, 1.82) is 0 Å². The third-order valence-corrected chi connectivity index (χ3v) is 14.5. The number of methoxy groups -OCH3 is 1. The van der Waals surface area contributed by atoms with Crippen LogP contribution in [0.15, 0.2) is 12.1 Å². The average Bonchev–Trinajstić information content (AvgIpc) is 3.88. The molecule has 7 aliphatic rings.